The van der Waals surface area contributed by atoms with Crippen LogP contribution in [0.2, 0.25) is 0 Å². The van der Waals surface area contributed by atoms with Crippen molar-refractivity contribution < 1.29 is 0 Å². The van der Waals surface area contributed by atoms with Crippen LogP contribution in [-0.4, -0.2) is 0 Å². The topological polar surface area (TPSA) is 0 Å². The summed E-state index contributed by atoms with van der Waals surface area (Å²) in [6.07, 6.45) is 2.12. The van der Waals surface area contributed by atoms with E-state index in [0.29, 0.717) is 5.41 Å². The maximum absolute atomic E-state index is 2.37. The molecule has 0 radical (unpaired) electrons. The van der Waals surface area contributed by atoms with Gasteiger partial charge in [0.1, 0.15) is 0 Å². The van der Waals surface area contributed by atoms with Gasteiger partial charge in [0.25, 0.3) is 0 Å². The molecule has 0 fully saturated rings. The minimum absolute atomic E-state index is 0.340. The lowest BCUT2D eigenvalue weighted by Gasteiger charge is -2.18. The van der Waals surface area contributed by atoms with Crippen molar-refractivity contribution in [1.82, 2.24) is 0 Å². The molecule has 0 aliphatic carbocycles. The maximum Gasteiger partial charge on any atom is 0.0355 e. The average Bonchev–Trinajstić information content (AvgIpc) is 2.93. The first kappa shape index (κ1) is 16.4. The zero-order chi connectivity index (χ0) is 17.4. The molecule has 3 aromatic carbocycles. The Kier molecular flexibility index (Phi) is 4.13. The molecule has 0 unspecified atom stereocenters. The van der Waals surface area contributed by atoms with Gasteiger partial charge in [-0.3, -0.25) is 0 Å². The van der Waals surface area contributed by atoms with E-state index < -0.39 is 0 Å². The van der Waals surface area contributed by atoms with Gasteiger partial charge in [-0.2, -0.15) is 0 Å². The van der Waals surface area contributed by atoms with Gasteiger partial charge in [0.2, 0.25) is 0 Å². The molecule has 0 spiro atoms. The largest absolute Gasteiger partial charge is 0.135 e. The van der Waals surface area contributed by atoms with Crippen molar-refractivity contribution in [3.8, 4) is 0 Å². The Morgan fingerprint density at radius 2 is 1.32 bits per heavy atom. The fourth-order valence-corrected chi connectivity index (χ4v) is 4.59. The van der Waals surface area contributed by atoms with Crippen molar-refractivity contribution in [1.29, 1.82) is 0 Å². The highest BCUT2D eigenvalue weighted by Crippen LogP contribution is 2.34. The summed E-state index contributed by atoms with van der Waals surface area (Å²) in [6, 6.07) is 24.8. The highest BCUT2D eigenvalue weighted by Gasteiger charge is 2.11. The van der Waals surface area contributed by atoms with Crippen molar-refractivity contribution in [2.24, 2.45) is 5.41 Å². The molecule has 25 heavy (non-hydrogen) atoms. The summed E-state index contributed by atoms with van der Waals surface area (Å²) in [5, 5.41) is 2.77. The fourth-order valence-electron chi connectivity index (χ4n) is 3.51. The van der Waals surface area contributed by atoms with Crippen LogP contribution in [0.15, 0.2) is 66.7 Å². The molecule has 0 atom stereocenters. The molecule has 0 amide bonds. The fraction of sp³-hybridized carbons (Fsp3) is 0.250. The SMILES string of the molecule is CC(C)(C)Cc1ccc(Cc2ccc3sc4ccccc4c3c2)cc1. The quantitative estimate of drug-likeness (QED) is 0.367. The second-order valence-electron chi connectivity index (χ2n) is 8.16. The van der Waals surface area contributed by atoms with Gasteiger partial charge in [0.05, 0.1) is 0 Å². The van der Waals surface area contributed by atoms with E-state index in [1.54, 1.807) is 0 Å². The predicted molar refractivity (Wildman–Crippen MR) is 112 cm³/mol. The Balaban J connectivity index is 1.61. The van der Waals surface area contributed by atoms with Gasteiger partial charge >= 0.3 is 0 Å². The van der Waals surface area contributed by atoms with Crippen LogP contribution in [0.3, 0.4) is 0 Å². The first-order valence-electron chi connectivity index (χ1n) is 8.96. The molecule has 0 bridgehead atoms. The molecule has 0 nitrogen and oxygen atoms in total. The number of hydrogen-bond acceptors (Lipinski definition) is 1. The van der Waals surface area contributed by atoms with E-state index in [4.69, 9.17) is 0 Å². The van der Waals surface area contributed by atoms with Gasteiger partial charge in [-0.15, -0.1) is 11.3 Å². The van der Waals surface area contributed by atoms with E-state index in [1.807, 2.05) is 11.3 Å². The first-order valence-corrected chi connectivity index (χ1v) is 9.78. The van der Waals surface area contributed by atoms with Gasteiger partial charge in [0.15, 0.2) is 0 Å². The molecule has 126 valence electrons. The third-order valence-corrected chi connectivity index (χ3v) is 5.76. The molecule has 0 saturated carbocycles. The summed E-state index contributed by atoms with van der Waals surface area (Å²) in [4.78, 5) is 0. The summed E-state index contributed by atoms with van der Waals surface area (Å²) in [6.45, 7) is 6.88. The number of fused-ring (bicyclic) bond motifs is 3. The molecule has 1 heteroatoms. The van der Waals surface area contributed by atoms with Crippen LogP contribution in [0.5, 0.6) is 0 Å². The van der Waals surface area contributed by atoms with E-state index in [-0.39, 0.29) is 0 Å². The molecule has 1 heterocycles. The van der Waals surface area contributed by atoms with E-state index in [9.17, 15) is 0 Å². The Labute approximate surface area is 154 Å². The predicted octanol–water partition coefficient (Wildman–Crippen LogP) is 7.23. The lowest BCUT2D eigenvalue weighted by molar-refractivity contribution is 0.411. The number of thiophene rings is 1. The second kappa shape index (κ2) is 6.31. The van der Waals surface area contributed by atoms with E-state index in [2.05, 4.69) is 87.5 Å². The number of rotatable bonds is 3. The van der Waals surface area contributed by atoms with Gasteiger partial charge in [-0.1, -0.05) is 69.3 Å². The minimum atomic E-state index is 0.340. The molecule has 0 aliphatic rings. The highest BCUT2D eigenvalue weighted by atomic mass is 32.1. The first-order chi connectivity index (χ1) is 12.0. The standard InChI is InChI=1S/C24H24S/c1-24(2,3)16-18-10-8-17(9-11-18)14-19-12-13-23-21(15-19)20-6-4-5-7-22(20)25-23/h4-13,15H,14,16H2,1-3H3. The summed E-state index contributed by atoms with van der Waals surface area (Å²) >= 11 is 1.88. The average molecular weight is 345 g/mol. The van der Waals surface area contributed by atoms with E-state index in [1.165, 1.54) is 36.9 Å². The summed E-state index contributed by atoms with van der Waals surface area (Å²) in [5.41, 5.74) is 4.54. The normalized spacial score (nSPS) is 12.1. The number of benzene rings is 3. The van der Waals surface area contributed by atoms with Gasteiger partial charge in [0, 0.05) is 20.2 Å². The summed E-state index contributed by atoms with van der Waals surface area (Å²) in [7, 11) is 0. The smallest absolute Gasteiger partial charge is 0.0355 e. The van der Waals surface area contributed by atoms with Gasteiger partial charge in [-0.05, 0) is 53.1 Å². The molecule has 0 saturated heterocycles. The molecule has 1 aromatic heterocycles. The van der Waals surface area contributed by atoms with Crippen molar-refractivity contribution in [3.05, 3.63) is 83.4 Å². The third-order valence-electron chi connectivity index (χ3n) is 4.61. The monoisotopic (exact) mass is 344 g/mol. The zero-order valence-electron chi connectivity index (χ0n) is 15.2. The summed E-state index contributed by atoms with van der Waals surface area (Å²) < 4.78 is 2.76. The van der Waals surface area contributed by atoms with Crippen LogP contribution < -0.4 is 0 Å². The highest BCUT2D eigenvalue weighted by molar-refractivity contribution is 7.25. The van der Waals surface area contributed by atoms with Crippen molar-refractivity contribution in [2.45, 2.75) is 33.6 Å². The van der Waals surface area contributed by atoms with Crippen LogP contribution in [0.4, 0.5) is 0 Å². The molecule has 0 aliphatic heterocycles. The van der Waals surface area contributed by atoms with Crippen molar-refractivity contribution >= 4 is 31.5 Å². The third kappa shape index (κ3) is 3.62. The van der Waals surface area contributed by atoms with Crippen molar-refractivity contribution in [2.75, 3.05) is 0 Å². The van der Waals surface area contributed by atoms with Crippen molar-refractivity contribution in [3.63, 3.8) is 0 Å². The Hall–Kier alpha value is -2.12. The van der Waals surface area contributed by atoms with E-state index >= 15 is 0 Å². The summed E-state index contributed by atoms with van der Waals surface area (Å²) in [5.74, 6) is 0. The molecule has 4 rings (SSSR count). The molecule has 0 N–H and O–H groups in total. The van der Waals surface area contributed by atoms with Gasteiger partial charge < -0.3 is 0 Å². The van der Waals surface area contributed by atoms with Crippen LogP contribution in [-0.2, 0) is 12.8 Å². The van der Waals surface area contributed by atoms with Crippen LogP contribution >= 0.6 is 11.3 Å². The lowest BCUT2D eigenvalue weighted by atomic mass is 9.88. The van der Waals surface area contributed by atoms with E-state index in [0.717, 1.165) is 12.8 Å². The van der Waals surface area contributed by atoms with Gasteiger partial charge in [-0.25, -0.2) is 0 Å². The lowest BCUT2D eigenvalue weighted by Crippen LogP contribution is -2.08. The van der Waals surface area contributed by atoms with Crippen LogP contribution in [0, 0.1) is 5.41 Å². The molecular weight excluding hydrogens is 320 g/mol. The minimum Gasteiger partial charge on any atom is -0.135 e. The second-order valence-corrected chi connectivity index (χ2v) is 9.24. The van der Waals surface area contributed by atoms with Crippen LogP contribution in [0.25, 0.3) is 20.2 Å². The number of hydrogen-bond donors (Lipinski definition) is 0. The zero-order valence-corrected chi connectivity index (χ0v) is 16.0. The maximum atomic E-state index is 2.37. The Bertz CT molecular complexity index is 1010. The molecule has 4 aromatic rings. The Morgan fingerprint density at radius 1 is 0.680 bits per heavy atom. The van der Waals surface area contributed by atoms with Crippen LogP contribution in [0.1, 0.15) is 37.5 Å². The molecular formula is C24H24S. The Morgan fingerprint density at radius 3 is 2.08 bits per heavy atom.